The second kappa shape index (κ2) is 5.35. The van der Waals surface area contributed by atoms with Gasteiger partial charge in [0.1, 0.15) is 0 Å². The molecular formula is C12H17F5O4. The number of hydrogen-bond donors (Lipinski definition) is 1. The van der Waals surface area contributed by atoms with E-state index in [1.807, 2.05) is 0 Å². The molecule has 1 saturated heterocycles. The van der Waals surface area contributed by atoms with Crippen molar-refractivity contribution in [1.29, 1.82) is 0 Å². The fourth-order valence-corrected chi connectivity index (χ4v) is 1.86. The van der Waals surface area contributed by atoms with Crippen molar-refractivity contribution in [2.75, 3.05) is 6.61 Å². The van der Waals surface area contributed by atoms with Gasteiger partial charge in [-0.2, -0.15) is 22.0 Å². The molecule has 1 rings (SSSR count). The zero-order valence-electron chi connectivity index (χ0n) is 11.8. The van der Waals surface area contributed by atoms with Crippen LogP contribution in [0.2, 0.25) is 0 Å². The summed E-state index contributed by atoms with van der Waals surface area (Å²) in [6.07, 6.45) is -6.12. The normalized spacial score (nSPS) is 34.3. The van der Waals surface area contributed by atoms with Crippen molar-refractivity contribution < 1.29 is 41.3 Å². The van der Waals surface area contributed by atoms with Crippen LogP contribution >= 0.6 is 0 Å². The van der Waals surface area contributed by atoms with E-state index in [9.17, 15) is 31.9 Å². The van der Waals surface area contributed by atoms with Gasteiger partial charge in [-0.05, 0) is 13.3 Å². The molecule has 21 heavy (non-hydrogen) atoms. The van der Waals surface area contributed by atoms with Crippen LogP contribution in [-0.2, 0) is 14.3 Å². The quantitative estimate of drug-likeness (QED) is 0.641. The summed E-state index contributed by atoms with van der Waals surface area (Å²) in [5.41, 5.74) is -2.81. The molecule has 1 fully saturated rings. The second-order valence-electron chi connectivity index (χ2n) is 5.28. The molecule has 0 aliphatic carbocycles. The highest BCUT2D eigenvalue weighted by molar-refractivity contribution is 5.72. The molecule has 0 saturated carbocycles. The molecular weight excluding hydrogens is 303 g/mol. The minimum atomic E-state index is -5.74. The molecule has 0 aromatic rings. The van der Waals surface area contributed by atoms with Crippen LogP contribution in [0.5, 0.6) is 0 Å². The average Bonchev–Trinajstić information content (AvgIpc) is 2.34. The third-order valence-corrected chi connectivity index (χ3v) is 3.70. The van der Waals surface area contributed by atoms with E-state index in [2.05, 4.69) is 9.47 Å². The SMILES string of the molecule is CCC(C)C(=O)OC1(C)CCOC(O)(C(F)(F)F)C1(F)F. The van der Waals surface area contributed by atoms with Crippen molar-refractivity contribution in [3.63, 3.8) is 0 Å². The molecule has 124 valence electrons. The fraction of sp³-hybridized carbons (Fsp3) is 0.917. The van der Waals surface area contributed by atoms with E-state index in [1.165, 1.54) is 6.92 Å². The highest BCUT2D eigenvalue weighted by Gasteiger charge is 2.79. The van der Waals surface area contributed by atoms with Crippen LogP contribution in [0.1, 0.15) is 33.6 Å². The van der Waals surface area contributed by atoms with Gasteiger partial charge in [0.05, 0.1) is 12.5 Å². The first-order valence-corrected chi connectivity index (χ1v) is 6.36. The third kappa shape index (κ3) is 2.73. The second-order valence-corrected chi connectivity index (χ2v) is 5.28. The van der Waals surface area contributed by atoms with Gasteiger partial charge in [-0.1, -0.05) is 13.8 Å². The Morgan fingerprint density at radius 1 is 1.43 bits per heavy atom. The number of esters is 1. The van der Waals surface area contributed by atoms with Crippen LogP contribution < -0.4 is 0 Å². The topological polar surface area (TPSA) is 55.8 Å². The lowest BCUT2D eigenvalue weighted by atomic mass is 9.84. The predicted octanol–water partition coefficient (Wildman–Crippen LogP) is 2.64. The van der Waals surface area contributed by atoms with Gasteiger partial charge in [0.25, 0.3) is 0 Å². The molecule has 1 aliphatic heterocycles. The molecule has 0 aromatic carbocycles. The number of rotatable bonds is 3. The molecule has 1 heterocycles. The Hall–Kier alpha value is -0.960. The Morgan fingerprint density at radius 3 is 2.38 bits per heavy atom. The Morgan fingerprint density at radius 2 is 1.95 bits per heavy atom. The first-order chi connectivity index (χ1) is 9.32. The summed E-state index contributed by atoms with van der Waals surface area (Å²) < 4.78 is 75.0. The van der Waals surface area contributed by atoms with Crippen molar-refractivity contribution >= 4 is 5.97 Å². The minimum absolute atomic E-state index is 0.278. The molecule has 1 aliphatic rings. The third-order valence-electron chi connectivity index (χ3n) is 3.70. The van der Waals surface area contributed by atoms with Gasteiger partial charge in [-0.15, -0.1) is 0 Å². The maximum absolute atomic E-state index is 14.2. The maximum Gasteiger partial charge on any atom is 0.449 e. The largest absolute Gasteiger partial charge is 0.452 e. The molecule has 0 radical (unpaired) electrons. The van der Waals surface area contributed by atoms with Gasteiger partial charge in [0.15, 0.2) is 5.60 Å². The lowest BCUT2D eigenvalue weighted by molar-refractivity contribution is -0.469. The van der Waals surface area contributed by atoms with E-state index < -0.39 is 48.4 Å². The lowest BCUT2D eigenvalue weighted by Gasteiger charge is -2.49. The van der Waals surface area contributed by atoms with E-state index in [0.717, 1.165) is 0 Å². The van der Waals surface area contributed by atoms with Crippen molar-refractivity contribution in [3.05, 3.63) is 0 Å². The van der Waals surface area contributed by atoms with Gasteiger partial charge in [0, 0.05) is 6.42 Å². The van der Waals surface area contributed by atoms with E-state index in [1.54, 1.807) is 6.92 Å². The summed E-state index contributed by atoms with van der Waals surface area (Å²) in [6.45, 7) is 2.84. The minimum Gasteiger partial charge on any atom is -0.452 e. The van der Waals surface area contributed by atoms with Gasteiger partial charge < -0.3 is 14.6 Å². The number of aliphatic hydroxyl groups is 1. The summed E-state index contributed by atoms with van der Waals surface area (Å²) in [5, 5.41) is 9.29. The molecule has 1 N–H and O–H groups in total. The van der Waals surface area contributed by atoms with Crippen LogP contribution in [0.25, 0.3) is 0 Å². The number of carbonyl (C=O) groups excluding carboxylic acids is 1. The molecule has 9 heteroatoms. The van der Waals surface area contributed by atoms with Crippen LogP contribution in [0, 0.1) is 5.92 Å². The van der Waals surface area contributed by atoms with Gasteiger partial charge in [-0.3, -0.25) is 4.79 Å². The van der Waals surface area contributed by atoms with Crippen LogP contribution in [0.15, 0.2) is 0 Å². The summed E-state index contributed by atoms with van der Waals surface area (Å²) in [4.78, 5) is 11.6. The Balaban J connectivity index is 3.15. The van der Waals surface area contributed by atoms with Crippen LogP contribution in [-0.4, -0.2) is 41.2 Å². The highest BCUT2D eigenvalue weighted by atomic mass is 19.4. The average molecular weight is 320 g/mol. The smallest absolute Gasteiger partial charge is 0.449 e. The monoisotopic (exact) mass is 320 g/mol. The molecule has 0 amide bonds. The van der Waals surface area contributed by atoms with E-state index in [4.69, 9.17) is 0 Å². The summed E-state index contributed by atoms with van der Waals surface area (Å²) in [5.74, 6) is -11.3. The van der Waals surface area contributed by atoms with Crippen molar-refractivity contribution in [2.24, 2.45) is 5.92 Å². The standard InChI is InChI=1S/C12H17F5O4/c1-4-7(2)8(18)21-9(3)5-6-20-11(19,10(9,13)14)12(15,16)17/h7,19H,4-6H2,1-3H3. The first kappa shape index (κ1) is 18.1. The van der Waals surface area contributed by atoms with Crippen molar-refractivity contribution in [1.82, 2.24) is 0 Å². The predicted molar refractivity (Wildman–Crippen MR) is 60.5 cm³/mol. The maximum atomic E-state index is 14.2. The Kier molecular flexibility index (Phi) is 4.61. The lowest BCUT2D eigenvalue weighted by Crippen LogP contribution is -2.72. The fourth-order valence-electron chi connectivity index (χ4n) is 1.86. The molecule has 0 spiro atoms. The zero-order valence-corrected chi connectivity index (χ0v) is 11.8. The van der Waals surface area contributed by atoms with E-state index in [0.29, 0.717) is 6.92 Å². The summed E-state index contributed by atoms with van der Waals surface area (Å²) >= 11 is 0. The molecule has 0 bridgehead atoms. The number of alkyl halides is 5. The number of ether oxygens (including phenoxy) is 2. The summed E-state index contributed by atoms with van der Waals surface area (Å²) in [7, 11) is 0. The summed E-state index contributed by atoms with van der Waals surface area (Å²) in [6, 6.07) is 0. The van der Waals surface area contributed by atoms with E-state index in [-0.39, 0.29) is 6.42 Å². The Labute approximate surface area is 118 Å². The van der Waals surface area contributed by atoms with Gasteiger partial charge in [0.2, 0.25) is 0 Å². The molecule has 0 aromatic heterocycles. The zero-order chi connectivity index (χ0) is 16.7. The number of halogens is 5. The van der Waals surface area contributed by atoms with Gasteiger partial charge in [-0.25, -0.2) is 0 Å². The Bertz CT molecular complexity index is 411. The van der Waals surface area contributed by atoms with Crippen molar-refractivity contribution in [3.8, 4) is 0 Å². The number of carbonyl (C=O) groups is 1. The van der Waals surface area contributed by atoms with Gasteiger partial charge >= 0.3 is 23.9 Å². The van der Waals surface area contributed by atoms with E-state index >= 15 is 0 Å². The molecule has 4 nitrogen and oxygen atoms in total. The van der Waals surface area contributed by atoms with Crippen LogP contribution in [0.4, 0.5) is 22.0 Å². The van der Waals surface area contributed by atoms with Crippen molar-refractivity contribution in [2.45, 2.75) is 57.1 Å². The molecule has 3 atom stereocenters. The highest BCUT2D eigenvalue weighted by Crippen LogP contribution is 2.53. The molecule has 3 unspecified atom stereocenters. The van der Waals surface area contributed by atoms with Crippen LogP contribution in [0.3, 0.4) is 0 Å². The first-order valence-electron chi connectivity index (χ1n) is 6.36. The number of hydrogen-bond acceptors (Lipinski definition) is 4.